The number of benzene rings is 1. The van der Waals surface area contributed by atoms with E-state index in [1.807, 2.05) is 47.5 Å². The van der Waals surface area contributed by atoms with Crippen LogP contribution in [0.4, 0.5) is 11.5 Å². The van der Waals surface area contributed by atoms with Crippen molar-refractivity contribution in [1.29, 1.82) is 0 Å². The molecular formula is C22H30N6O. The zero-order valence-electron chi connectivity index (χ0n) is 17.4. The smallest absolute Gasteiger partial charge is 0.229 e. The third kappa shape index (κ3) is 5.25. The normalized spacial score (nSPS) is 16.8. The fourth-order valence-corrected chi connectivity index (χ4v) is 3.49. The van der Waals surface area contributed by atoms with Crippen LogP contribution in [0.25, 0.3) is 0 Å². The molecule has 0 spiro atoms. The lowest BCUT2D eigenvalue weighted by molar-refractivity contribution is -0.117. The summed E-state index contributed by atoms with van der Waals surface area (Å²) in [6.45, 7) is 7.39. The van der Waals surface area contributed by atoms with E-state index in [0.717, 1.165) is 30.2 Å². The van der Waals surface area contributed by atoms with Crippen LogP contribution >= 0.6 is 0 Å². The molecular weight excluding hydrogens is 364 g/mol. The first kappa shape index (κ1) is 20.6. The van der Waals surface area contributed by atoms with Crippen molar-refractivity contribution in [2.75, 3.05) is 36.5 Å². The lowest BCUT2D eigenvalue weighted by Gasteiger charge is -2.20. The topological polar surface area (TPSA) is 72.9 Å². The highest BCUT2D eigenvalue weighted by Gasteiger charge is 2.31. The number of aliphatic imine (C=N–C) groups is 1. The second-order valence-corrected chi connectivity index (χ2v) is 7.01. The van der Waals surface area contributed by atoms with Crippen molar-refractivity contribution in [3.05, 3.63) is 54.2 Å². The standard InChI is InChI=1S/C22H30N6O/c1-4-27(5-2)20-12-11-17(14-24-20)15-25-22(23-3)26-18-13-21(29)28(16-18)19-9-7-6-8-10-19/h6-12,14,18H,4-5,13,15-16H2,1-3H3,(H2,23,25,26). The van der Waals surface area contributed by atoms with E-state index in [9.17, 15) is 4.79 Å². The summed E-state index contributed by atoms with van der Waals surface area (Å²) in [6, 6.07) is 13.9. The molecule has 1 aliphatic heterocycles. The molecule has 3 rings (SSSR count). The van der Waals surface area contributed by atoms with Crippen LogP contribution < -0.4 is 20.4 Å². The van der Waals surface area contributed by atoms with Gasteiger partial charge in [-0.3, -0.25) is 9.79 Å². The number of nitrogens with one attached hydrogen (secondary N) is 2. The summed E-state index contributed by atoms with van der Waals surface area (Å²) >= 11 is 0. The Morgan fingerprint density at radius 2 is 1.97 bits per heavy atom. The van der Waals surface area contributed by atoms with Gasteiger partial charge in [-0.25, -0.2) is 4.98 Å². The summed E-state index contributed by atoms with van der Waals surface area (Å²) in [6.07, 6.45) is 2.35. The van der Waals surface area contributed by atoms with Gasteiger partial charge in [0.05, 0.1) is 6.04 Å². The van der Waals surface area contributed by atoms with Crippen LogP contribution in [-0.2, 0) is 11.3 Å². The highest BCUT2D eigenvalue weighted by atomic mass is 16.2. The Morgan fingerprint density at radius 3 is 2.59 bits per heavy atom. The molecule has 1 atom stereocenters. The van der Waals surface area contributed by atoms with Crippen LogP contribution in [0.2, 0.25) is 0 Å². The third-order valence-corrected chi connectivity index (χ3v) is 5.11. The number of rotatable bonds is 7. The SMILES string of the molecule is CCN(CC)c1ccc(CNC(=NC)NC2CC(=O)N(c3ccccc3)C2)cn1. The van der Waals surface area contributed by atoms with Crippen molar-refractivity contribution in [2.45, 2.75) is 32.9 Å². The Bertz CT molecular complexity index is 817. The van der Waals surface area contributed by atoms with Crippen molar-refractivity contribution in [3.63, 3.8) is 0 Å². The van der Waals surface area contributed by atoms with E-state index >= 15 is 0 Å². The van der Waals surface area contributed by atoms with Crippen LogP contribution in [0.15, 0.2) is 53.7 Å². The van der Waals surface area contributed by atoms with Gasteiger partial charge in [0.1, 0.15) is 5.82 Å². The monoisotopic (exact) mass is 394 g/mol. The number of anilines is 2. The number of pyridine rings is 1. The van der Waals surface area contributed by atoms with Crippen LogP contribution in [0.3, 0.4) is 0 Å². The molecule has 0 saturated carbocycles. The second kappa shape index (κ2) is 9.91. The number of hydrogen-bond donors (Lipinski definition) is 2. The van der Waals surface area contributed by atoms with E-state index in [2.05, 4.69) is 45.4 Å². The number of carbonyl (C=O) groups excluding carboxylic acids is 1. The van der Waals surface area contributed by atoms with Crippen LogP contribution in [0.1, 0.15) is 25.8 Å². The van der Waals surface area contributed by atoms with Gasteiger partial charge >= 0.3 is 0 Å². The predicted molar refractivity (Wildman–Crippen MR) is 118 cm³/mol. The van der Waals surface area contributed by atoms with Gasteiger partial charge in [-0.2, -0.15) is 0 Å². The molecule has 0 bridgehead atoms. The summed E-state index contributed by atoms with van der Waals surface area (Å²) in [5.41, 5.74) is 2.02. The molecule has 2 heterocycles. The summed E-state index contributed by atoms with van der Waals surface area (Å²) in [7, 11) is 1.74. The molecule has 7 heteroatoms. The highest BCUT2D eigenvalue weighted by Crippen LogP contribution is 2.21. The zero-order valence-corrected chi connectivity index (χ0v) is 17.4. The molecule has 1 aliphatic rings. The first-order valence-corrected chi connectivity index (χ1v) is 10.2. The molecule has 1 aromatic heterocycles. The van der Waals surface area contributed by atoms with Gasteiger partial charge in [-0.1, -0.05) is 24.3 Å². The molecule has 1 fully saturated rings. The molecule has 2 N–H and O–H groups in total. The zero-order chi connectivity index (χ0) is 20.6. The van der Waals surface area contributed by atoms with Crippen LogP contribution in [-0.4, -0.2) is 49.6 Å². The lowest BCUT2D eigenvalue weighted by Crippen LogP contribution is -2.44. The highest BCUT2D eigenvalue weighted by molar-refractivity contribution is 5.97. The van der Waals surface area contributed by atoms with Crippen molar-refractivity contribution >= 4 is 23.4 Å². The van der Waals surface area contributed by atoms with Gasteiger partial charge in [0.2, 0.25) is 5.91 Å². The molecule has 1 amide bonds. The Morgan fingerprint density at radius 1 is 1.21 bits per heavy atom. The summed E-state index contributed by atoms with van der Waals surface area (Å²) in [4.78, 5) is 25.3. The van der Waals surface area contributed by atoms with Gasteiger partial charge in [-0.05, 0) is 37.6 Å². The van der Waals surface area contributed by atoms with Crippen molar-refractivity contribution in [3.8, 4) is 0 Å². The van der Waals surface area contributed by atoms with Gasteiger partial charge < -0.3 is 20.4 Å². The number of carbonyl (C=O) groups is 1. The van der Waals surface area contributed by atoms with Gasteiger partial charge in [0.15, 0.2) is 5.96 Å². The van der Waals surface area contributed by atoms with Gasteiger partial charge in [-0.15, -0.1) is 0 Å². The van der Waals surface area contributed by atoms with Crippen molar-refractivity contribution < 1.29 is 4.79 Å². The van der Waals surface area contributed by atoms with Crippen molar-refractivity contribution in [2.24, 2.45) is 4.99 Å². The summed E-state index contributed by atoms with van der Waals surface area (Å²) in [5.74, 6) is 1.80. The quantitative estimate of drug-likeness (QED) is 0.557. The minimum atomic E-state index is 0.0251. The predicted octanol–water partition coefficient (Wildman–Crippen LogP) is 2.40. The summed E-state index contributed by atoms with van der Waals surface area (Å²) in [5, 5.41) is 6.68. The van der Waals surface area contributed by atoms with E-state index in [0.29, 0.717) is 25.5 Å². The van der Waals surface area contributed by atoms with Gasteiger partial charge in [0.25, 0.3) is 0 Å². The third-order valence-electron chi connectivity index (χ3n) is 5.11. The number of amides is 1. The Balaban J connectivity index is 1.53. The van der Waals surface area contributed by atoms with Crippen LogP contribution in [0.5, 0.6) is 0 Å². The number of para-hydroxylation sites is 1. The van der Waals surface area contributed by atoms with E-state index < -0.39 is 0 Å². The maximum absolute atomic E-state index is 12.4. The molecule has 1 saturated heterocycles. The molecule has 1 unspecified atom stereocenters. The fraction of sp³-hybridized carbons (Fsp3) is 0.409. The molecule has 0 aliphatic carbocycles. The molecule has 2 aromatic rings. The van der Waals surface area contributed by atoms with E-state index in [-0.39, 0.29) is 11.9 Å². The number of hydrogen-bond acceptors (Lipinski definition) is 4. The van der Waals surface area contributed by atoms with E-state index in [4.69, 9.17) is 0 Å². The molecule has 154 valence electrons. The Hall–Kier alpha value is -3.09. The maximum Gasteiger partial charge on any atom is 0.229 e. The van der Waals surface area contributed by atoms with E-state index in [1.54, 1.807) is 7.05 Å². The maximum atomic E-state index is 12.4. The minimum absolute atomic E-state index is 0.0251. The molecule has 0 radical (unpaired) electrons. The average molecular weight is 395 g/mol. The fourth-order valence-electron chi connectivity index (χ4n) is 3.49. The molecule has 29 heavy (non-hydrogen) atoms. The van der Waals surface area contributed by atoms with Crippen LogP contribution in [0, 0.1) is 0 Å². The first-order valence-electron chi connectivity index (χ1n) is 10.2. The Labute approximate surface area is 172 Å². The molecule has 1 aromatic carbocycles. The largest absolute Gasteiger partial charge is 0.357 e. The van der Waals surface area contributed by atoms with Gasteiger partial charge in [0, 0.05) is 51.5 Å². The second-order valence-electron chi connectivity index (χ2n) is 7.01. The summed E-state index contributed by atoms with van der Waals surface area (Å²) < 4.78 is 0. The Kier molecular flexibility index (Phi) is 7.05. The minimum Gasteiger partial charge on any atom is -0.357 e. The number of aromatic nitrogens is 1. The van der Waals surface area contributed by atoms with E-state index in [1.165, 1.54) is 0 Å². The average Bonchev–Trinajstić information content (AvgIpc) is 3.13. The lowest BCUT2D eigenvalue weighted by atomic mass is 10.2. The number of guanidine groups is 1. The van der Waals surface area contributed by atoms with Crippen molar-refractivity contribution in [1.82, 2.24) is 15.6 Å². The first-order chi connectivity index (χ1) is 14.1. The molecule has 7 nitrogen and oxygen atoms in total. The number of nitrogens with zero attached hydrogens (tertiary/aromatic N) is 4.